The third-order valence-electron chi connectivity index (χ3n) is 3.81. The minimum Gasteiger partial charge on any atom is -0.207 e. The van der Waals surface area contributed by atoms with Crippen LogP contribution in [0.1, 0.15) is 5.56 Å². The van der Waals surface area contributed by atoms with E-state index < -0.39 is 26.6 Å². The van der Waals surface area contributed by atoms with Crippen molar-refractivity contribution in [2.45, 2.75) is 11.4 Å². The molecule has 0 fully saturated rings. The lowest BCUT2D eigenvalue weighted by atomic mass is 10.1. The van der Waals surface area contributed by atoms with Gasteiger partial charge in [-0.1, -0.05) is 42.5 Å². The summed E-state index contributed by atoms with van der Waals surface area (Å²) in [5.74, 6) is -2.19. The third kappa shape index (κ3) is 3.02. The molecule has 0 saturated heterocycles. The summed E-state index contributed by atoms with van der Waals surface area (Å²) in [5.41, 5.74) is 0.733. The molecule has 0 aliphatic carbocycles. The fraction of sp³-hybridized carbons (Fsp3) is 0.111. The Bertz CT molecular complexity index is 983. The van der Waals surface area contributed by atoms with Gasteiger partial charge in [-0.2, -0.15) is 4.31 Å². The normalized spacial score (nSPS) is 12.0. The molecule has 0 aromatic heterocycles. The van der Waals surface area contributed by atoms with Crippen molar-refractivity contribution in [1.29, 1.82) is 0 Å². The van der Waals surface area contributed by atoms with Crippen molar-refractivity contribution in [3.05, 3.63) is 77.9 Å². The van der Waals surface area contributed by atoms with Crippen molar-refractivity contribution in [1.82, 2.24) is 4.31 Å². The molecule has 0 atom stereocenters. The van der Waals surface area contributed by atoms with Crippen LogP contribution in [0.25, 0.3) is 10.8 Å². The van der Waals surface area contributed by atoms with E-state index in [2.05, 4.69) is 0 Å². The van der Waals surface area contributed by atoms with Gasteiger partial charge in [0.2, 0.25) is 10.0 Å². The second-order valence-electron chi connectivity index (χ2n) is 5.49. The van der Waals surface area contributed by atoms with E-state index in [0.717, 1.165) is 38.8 Å². The molecule has 0 saturated carbocycles. The monoisotopic (exact) mass is 347 g/mol. The molecule has 0 radical (unpaired) electrons. The lowest BCUT2D eigenvalue weighted by molar-refractivity contribution is 0.448. The van der Waals surface area contributed by atoms with Gasteiger partial charge in [-0.25, -0.2) is 17.2 Å². The Morgan fingerprint density at radius 1 is 0.875 bits per heavy atom. The van der Waals surface area contributed by atoms with Crippen LogP contribution in [0.3, 0.4) is 0 Å². The van der Waals surface area contributed by atoms with E-state index in [4.69, 9.17) is 0 Å². The van der Waals surface area contributed by atoms with Crippen LogP contribution in [0, 0.1) is 11.6 Å². The summed E-state index contributed by atoms with van der Waals surface area (Å²) in [7, 11) is -2.97. The Morgan fingerprint density at radius 3 is 2.17 bits per heavy atom. The Morgan fingerprint density at radius 2 is 1.50 bits per heavy atom. The fourth-order valence-electron chi connectivity index (χ4n) is 2.56. The van der Waals surface area contributed by atoms with Crippen LogP contribution in [0.5, 0.6) is 0 Å². The minimum atomic E-state index is -4.27. The van der Waals surface area contributed by atoms with Gasteiger partial charge >= 0.3 is 0 Å². The highest BCUT2D eigenvalue weighted by Crippen LogP contribution is 2.24. The molecule has 6 heteroatoms. The highest BCUT2D eigenvalue weighted by atomic mass is 32.2. The van der Waals surface area contributed by atoms with Gasteiger partial charge in [-0.05, 0) is 34.5 Å². The number of hydrogen-bond acceptors (Lipinski definition) is 2. The summed E-state index contributed by atoms with van der Waals surface area (Å²) < 4.78 is 53.5. The van der Waals surface area contributed by atoms with Crippen LogP contribution >= 0.6 is 0 Å². The average Bonchev–Trinajstić information content (AvgIpc) is 2.54. The van der Waals surface area contributed by atoms with E-state index in [1.54, 1.807) is 6.07 Å². The summed E-state index contributed by atoms with van der Waals surface area (Å²) in [5, 5.41) is 2.00. The molecule has 3 rings (SSSR count). The number of halogens is 2. The van der Waals surface area contributed by atoms with Gasteiger partial charge in [-0.15, -0.1) is 0 Å². The number of nitrogens with zero attached hydrogens (tertiary/aromatic N) is 1. The Kier molecular flexibility index (Phi) is 4.34. The first kappa shape index (κ1) is 16.5. The fourth-order valence-corrected chi connectivity index (χ4v) is 3.82. The Balaban J connectivity index is 1.94. The summed E-state index contributed by atoms with van der Waals surface area (Å²) in [6.45, 7) is 0.0148. The highest BCUT2D eigenvalue weighted by molar-refractivity contribution is 7.89. The zero-order chi connectivity index (χ0) is 17.3. The molecule has 0 spiro atoms. The quantitative estimate of drug-likeness (QED) is 0.717. The first-order valence-corrected chi connectivity index (χ1v) is 8.71. The van der Waals surface area contributed by atoms with Gasteiger partial charge in [0.1, 0.15) is 11.6 Å². The molecule has 0 N–H and O–H groups in total. The first-order chi connectivity index (χ1) is 11.4. The molecular weight excluding hydrogens is 332 g/mol. The van der Waals surface area contributed by atoms with Crippen LogP contribution in [-0.4, -0.2) is 19.8 Å². The van der Waals surface area contributed by atoms with Gasteiger partial charge in [0, 0.05) is 13.6 Å². The van der Waals surface area contributed by atoms with Crippen LogP contribution in [0.2, 0.25) is 0 Å². The molecule has 24 heavy (non-hydrogen) atoms. The number of rotatable bonds is 4. The number of sulfonamides is 1. The lowest BCUT2D eigenvalue weighted by Gasteiger charge is -2.18. The molecule has 0 aliphatic heterocycles. The average molecular weight is 347 g/mol. The number of benzene rings is 3. The Labute approximate surface area is 139 Å². The maximum absolute atomic E-state index is 13.8. The number of fused-ring (bicyclic) bond motifs is 1. The van der Waals surface area contributed by atoms with Crippen LogP contribution in [0.15, 0.2) is 65.6 Å². The highest BCUT2D eigenvalue weighted by Gasteiger charge is 2.28. The first-order valence-electron chi connectivity index (χ1n) is 7.27. The maximum atomic E-state index is 13.8. The number of hydrogen-bond donors (Lipinski definition) is 0. The van der Waals surface area contributed by atoms with Gasteiger partial charge in [0.25, 0.3) is 0 Å². The van der Waals surface area contributed by atoms with Crippen molar-refractivity contribution in [2.75, 3.05) is 7.05 Å². The van der Waals surface area contributed by atoms with Crippen molar-refractivity contribution >= 4 is 20.8 Å². The zero-order valence-corrected chi connectivity index (χ0v) is 13.7. The van der Waals surface area contributed by atoms with E-state index in [-0.39, 0.29) is 6.54 Å². The van der Waals surface area contributed by atoms with E-state index in [9.17, 15) is 17.2 Å². The molecule has 0 amide bonds. The third-order valence-corrected chi connectivity index (χ3v) is 5.66. The summed E-state index contributed by atoms with van der Waals surface area (Å²) in [4.78, 5) is -0.923. The van der Waals surface area contributed by atoms with Crippen LogP contribution < -0.4 is 0 Å². The van der Waals surface area contributed by atoms with E-state index in [1.807, 2.05) is 36.4 Å². The van der Waals surface area contributed by atoms with Crippen molar-refractivity contribution in [2.24, 2.45) is 0 Å². The maximum Gasteiger partial charge on any atom is 0.248 e. The SMILES string of the molecule is CN(Cc1ccc2ccccc2c1)S(=O)(=O)c1c(F)cccc1F. The smallest absolute Gasteiger partial charge is 0.207 e. The molecule has 0 heterocycles. The largest absolute Gasteiger partial charge is 0.248 e. The molecule has 0 unspecified atom stereocenters. The van der Waals surface area contributed by atoms with Crippen LogP contribution in [-0.2, 0) is 16.6 Å². The van der Waals surface area contributed by atoms with Gasteiger partial charge in [0.15, 0.2) is 4.90 Å². The van der Waals surface area contributed by atoms with Gasteiger partial charge in [-0.3, -0.25) is 0 Å². The molecular formula is C18H15F2NO2S. The molecule has 124 valence electrons. The topological polar surface area (TPSA) is 37.4 Å². The second-order valence-corrected chi connectivity index (χ2v) is 7.48. The van der Waals surface area contributed by atoms with Crippen molar-refractivity contribution in [3.63, 3.8) is 0 Å². The van der Waals surface area contributed by atoms with Crippen molar-refractivity contribution < 1.29 is 17.2 Å². The molecule has 3 aromatic carbocycles. The minimum absolute atomic E-state index is 0.0148. The van der Waals surface area contributed by atoms with E-state index in [0.29, 0.717) is 0 Å². The Hall–Kier alpha value is -2.31. The van der Waals surface area contributed by atoms with Gasteiger partial charge in [0.05, 0.1) is 0 Å². The predicted octanol–water partition coefficient (Wildman–Crippen LogP) is 3.94. The van der Waals surface area contributed by atoms with E-state index in [1.165, 1.54) is 7.05 Å². The predicted molar refractivity (Wildman–Crippen MR) is 89.0 cm³/mol. The summed E-state index contributed by atoms with van der Waals surface area (Å²) in [6.07, 6.45) is 0. The van der Waals surface area contributed by atoms with Crippen molar-refractivity contribution in [3.8, 4) is 0 Å². The standard InChI is InChI=1S/C18H15F2NO2S/c1-21(24(22,23)18-16(19)7-4-8-17(18)20)12-13-9-10-14-5-2-3-6-15(14)11-13/h2-11H,12H2,1H3. The zero-order valence-electron chi connectivity index (χ0n) is 12.9. The second kappa shape index (κ2) is 6.30. The van der Waals surface area contributed by atoms with Crippen LogP contribution in [0.4, 0.5) is 8.78 Å². The molecule has 3 aromatic rings. The lowest BCUT2D eigenvalue weighted by Crippen LogP contribution is -2.28. The molecule has 3 nitrogen and oxygen atoms in total. The molecule has 0 bridgehead atoms. The summed E-state index contributed by atoms with van der Waals surface area (Å²) in [6, 6.07) is 16.2. The van der Waals surface area contributed by atoms with Gasteiger partial charge < -0.3 is 0 Å². The molecule has 0 aliphatic rings. The van der Waals surface area contributed by atoms with E-state index >= 15 is 0 Å². The summed E-state index contributed by atoms with van der Waals surface area (Å²) >= 11 is 0.